The molecule has 474 valence electrons. The molecular formula is C63H92Cl3N5O13S. The number of halogens is 3. The lowest BCUT2D eigenvalue weighted by atomic mass is 9.90. The molecule has 2 aromatic carbocycles. The van der Waals surface area contributed by atoms with Crippen molar-refractivity contribution < 1.29 is 62.0 Å². The Morgan fingerprint density at radius 1 is 0.718 bits per heavy atom. The average Bonchev–Trinajstić information content (AvgIpc) is 1.91. The van der Waals surface area contributed by atoms with Gasteiger partial charge in [0, 0.05) is 44.5 Å². The standard InChI is InChI=1S/C63H92Cl3N5O13S/c1-18-24-40(10)54(83-60(77)43(13)70(15)62(79)80-33-48-46-27-22-20-25-44(46)45-26-21-23-28-47(45)48)42(12)50(82-35-85-17)30-29-41(11)59(76)84-55(39(9)19-2)56(73)68-52(37(5)6)58(75)71(16)49(31-36(3)4)57(74)69(14)32-51(72)67-53(38(7)8)61(78)81-34-63(64,65)66/h20-29,36-39,42-43,48-50,52-55H,18-19,30-35H2,1-17H3,(H,67,72)(H,68,73)/b40-24+,41-29+/t39-,42-,43-,49+,50-,52-,53-,54+,55+/m0/s1. The average molecular weight is 1270 g/mol. The SMILES string of the molecule is CC/C=C(\C)[C@@H](OC(=O)[C@H](C)N(C)C(=O)OCC1c2ccccc2-c2ccccc21)[C@@H](C)[C@H](C/C=C(\C)C(=O)O[C@@H](C(=O)N[C@H](C(=O)N(C)[C@H](CC(C)C)C(=O)N(C)CC(=O)N[C@H](C(=O)OCC(Cl)(Cl)Cl)C(C)C)C(C)C)[C@@H](C)CC)OCSC. The fourth-order valence-electron chi connectivity index (χ4n) is 9.80. The van der Waals surface area contributed by atoms with Crippen LogP contribution < -0.4 is 10.6 Å². The van der Waals surface area contributed by atoms with Gasteiger partial charge in [0.2, 0.25) is 21.5 Å². The van der Waals surface area contributed by atoms with Crippen molar-refractivity contribution in [3.63, 3.8) is 0 Å². The third-order valence-electron chi connectivity index (χ3n) is 15.3. The molecule has 0 heterocycles. The smallest absolute Gasteiger partial charge is 0.410 e. The summed E-state index contributed by atoms with van der Waals surface area (Å²) in [4.78, 5) is 114. The highest BCUT2D eigenvalue weighted by atomic mass is 35.6. The number of nitrogens with one attached hydrogen (secondary N) is 2. The molecule has 1 aliphatic rings. The second kappa shape index (κ2) is 34.9. The number of likely N-dealkylation sites (N-methyl/N-ethyl adjacent to an activating group) is 3. The van der Waals surface area contributed by atoms with Crippen LogP contribution in [0.5, 0.6) is 0 Å². The molecule has 22 heteroatoms. The topological polar surface area (TPSA) is 216 Å². The van der Waals surface area contributed by atoms with Crippen LogP contribution in [0.2, 0.25) is 0 Å². The predicted molar refractivity (Wildman–Crippen MR) is 335 cm³/mol. The van der Waals surface area contributed by atoms with Crippen LogP contribution in [-0.2, 0) is 57.2 Å². The van der Waals surface area contributed by atoms with Gasteiger partial charge in [-0.15, -0.1) is 11.8 Å². The minimum Gasteiger partial charge on any atom is -0.460 e. The Kier molecular flexibility index (Phi) is 30.3. The zero-order valence-electron chi connectivity index (χ0n) is 52.6. The van der Waals surface area contributed by atoms with E-state index in [0.717, 1.165) is 32.7 Å². The van der Waals surface area contributed by atoms with Gasteiger partial charge in [0.1, 0.15) is 43.5 Å². The van der Waals surface area contributed by atoms with E-state index in [1.807, 2.05) is 90.3 Å². The summed E-state index contributed by atoms with van der Waals surface area (Å²) in [6, 6.07) is 11.7. The Morgan fingerprint density at radius 2 is 1.29 bits per heavy atom. The number of hydrogen-bond donors (Lipinski definition) is 2. The molecule has 0 saturated heterocycles. The third kappa shape index (κ3) is 21.8. The molecule has 9 atom stereocenters. The number of amides is 5. The first kappa shape index (κ1) is 73.9. The number of benzene rings is 2. The molecule has 2 N–H and O–H groups in total. The van der Waals surface area contributed by atoms with E-state index < -0.39 is 131 Å². The molecule has 0 bridgehead atoms. The van der Waals surface area contributed by atoms with Crippen molar-refractivity contribution in [1.29, 1.82) is 0 Å². The zero-order chi connectivity index (χ0) is 64.2. The first-order chi connectivity index (χ1) is 39.8. The summed E-state index contributed by atoms with van der Waals surface area (Å²) in [5.41, 5.74) is 5.28. The highest BCUT2D eigenvalue weighted by Gasteiger charge is 2.40. The molecule has 3 rings (SSSR count). The number of alkyl halides is 3. The fourth-order valence-corrected chi connectivity index (χ4v) is 10.3. The summed E-state index contributed by atoms with van der Waals surface area (Å²) in [6.07, 6.45) is 3.60. The summed E-state index contributed by atoms with van der Waals surface area (Å²) in [5.74, 6) is -6.63. The minimum atomic E-state index is -1.87. The summed E-state index contributed by atoms with van der Waals surface area (Å²) in [5, 5.41) is 5.42. The van der Waals surface area contributed by atoms with Gasteiger partial charge in [-0.05, 0) is 98.3 Å². The maximum absolute atomic E-state index is 14.5. The van der Waals surface area contributed by atoms with Crippen LogP contribution in [0.1, 0.15) is 133 Å². The Hall–Kier alpha value is -5.34. The molecule has 5 amide bonds. The molecule has 1 aliphatic carbocycles. The Balaban J connectivity index is 1.77. The van der Waals surface area contributed by atoms with Gasteiger partial charge in [-0.1, -0.05) is 165 Å². The van der Waals surface area contributed by atoms with Crippen molar-refractivity contribution in [1.82, 2.24) is 25.3 Å². The van der Waals surface area contributed by atoms with E-state index in [-0.39, 0.29) is 42.8 Å². The quantitative estimate of drug-likeness (QED) is 0.0174. The number of nitrogens with zero attached hydrogens (tertiary/aromatic N) is 3. The zero-order valence-corrected chi connectivity index (χ0v) is 55.7. The third-order valence-corrected chi connectivity index (χ3v) is 16.0. The second-order valence-corrected chi connectivity index (χ2v) is 26.5. The van der Waals surface area contributed by atoms with Crippen LogP contribution in [0.4, 0.5) is 4.79 Å². The molecule has 0 spiro atoms. The van der Waals surface area contributed by atoms with E-state index in [1.165, 1.54) is 42.7 Å². The highest BCUT2D eigenvalue weighted by Crippen LogP contribution is 2.44. The number of fused-ring (bicyclic) bond motifs is 3. The van der Waals surface area contributed by atoms with Gasteiger partial charge in [-0.25, -0.2) is 19.2 Å². The second-order valence-electron chi connectivity index (χ2n) is 23.1. The molecular weight excluding hydrogens is 1170 g/mol. The molecule has 0 aromatic heterocycles. The lowest BCUT2D eigenvalue weighted by Crippen LogP contribution is -2.58. The highest BCUT2D eigenvalue weighted by molar-refractivity contribution is 7.98. The number of thioether (sulfide) groups is 1. The van der Waals surface area contributed by atoms with Gasteiger partial charge < -0.3 is 44.1 Å². The van der Waals surface area contributed by atoms with Gasteiger partial charge >= 0.3 is 24.0 Å². The van der Waals surface area contributed by atoms with Gasteiger partial charge in [0.05, 0.1) is 18.6 Å². The first-order valence-corrected chi connectivity index (χ1v) is 31.6. The van der Waals surface area contributed by atoms with Crippen molar-refractivity contribution >= 4 is 94.2 Å². The van der Waals surface area contributed by atoms with Gasteiger partial charge in [0.15, 0.2) is 6.10 Å². The largest absolute Gasteiger partial charge is 0.460 e. The van der Waals surface area contributed by atoms with Gasteiger partial charge in [-0.3, -0.25) is 24.1 Å². The van der Waals surface area contributed by atoms with Crippen molar-refractivity contribution in [2.45, 2.75) is 168 Å². The number of carbonyl (C=O) groups is 8. The summed E-state index contributed by atoms with van der Waals surface area (Å²) in [6.45, 7) is 22.2. The Labute approximate surface area is 523 Å². The van der Waals surface area contributed by atoms with E-state index in [0.29, 0.717) is 12.8 Å². The maximum atomic E-state index is 14.5. The van der Waals surface area contributed by atoms with Crippen molar-refractivity contribution in [3.8, 4) is 11.1 Å². The predicted octanol–water partition coefficient (Wildman–Crippen LogP) is 10.7. The van der Waals surface area contributed by atoms with Crippen LogP contribution in [0.25, 0.3) is 11.1 Å². The molecule has 0 radical (unpaired) electrons. The molecule has 0 aliphatic heterocycles. The van der Waals surface area contributed by atoms with Crippen LogP contribution in [-0.4, -0.2) is 162 Å². The number of esters is 3. The summed E-state index contributed by atoms with van der Waals surface area (Å²) in [7, 11) is 4.36. The van der Waals surface area contributed by atoms with Gasteiger partial charge in [-0.2, -0.15) is 0 Å². The Morgan fingerprint density at radius 3 is 1.81 bits per heavy atom. The van der Waals surface area contributed by atoms with E-state index in [9.17, 15) is 38.4 Å². The molecule has 2 aromatic rings. The van der Waals surface area contributed by atoms with E-state index in [4.69, 9.17) is 58.5 Å². The summed E-state index contributed by atoms with van der Waals surface area (Å²) >= 11 is 18.7. The number of ether oxygens (including phenoxy) is 5. The van der Waals surface area contributed by atoms with Crippen molar-refractivity contribution in [3.05, 3.63) is 83.0 Å². The molecule has 85 heavy (non-hydrogen) atoms. The van der Waals surface area contributed by atoms with Gasteiger partial charge in [0.25, 0.3) is 5.91 Å². The monoisotopic (exact) mass is 1260 g/mol. The summed E-state index contributed by atoms with van der Waals surface area (Å²) < 4.78 is 27.7. The maximum Gasteiger partial charge on any atom is 0.410 e. The number of allylic oxidation sites excluding steroid dienone is 1. The number of rotatable bonds is 32. The lowest BCUT2D eigenvalue weighted by molar-refractivity contribution is -0.157. The normalized spacial score (nSPS) is 15.9. The molecule has 0 unspecified atom stereocenters. The molecule has 0 saturated carbocycles. The number of carbonyl (C=O) groups excluding carboxylic acids is 8. The van der Waals surface area contributed by atoms with Crippen LogP contribution in [0.15, 0.2) is 71.8 Å². The Bertz CT molecular complexity index is 2620. The van der Waals surface area contributed by atoms with E-state index in [2.05, 4.69) is 22.8 Å². The molecule has 0 fully saturated rings. The number of hydrogen-bond acceptors (Lipinski definition) is 14. The van der Waals surface area contributed by atoms with Crippen LogP contribution in [0, 0.1) is 29.6 Å². The van der Waals surface area contributed by atoms with E-state index in [1.54, 1.807) is 54.5 Å². The van der Waals surface area contributed by atoms with Crippen LogP contribution >= 0.6 is 46.6 Å². The van der Waals surface area contributed by atoms with Crippen molar-refractivity contribution in [2.75, 3.05) is 53.1 Å². The lowest BCUT2D eigenvalue weighted by Gasteiger charge is -2.35. The molecule has 18 nitrogen and oxygen atoms in total. The minimum absolute atomic E-state index is 0.0820. The fraction of sp³-hybridized carbons (Fsp3) is 0.619. The van der Waals surface area contributed by atoms with E-state index >= 15 is 0 Å². The van der Waals surface area contributed by atoms with Crippen molar-refractivity contribution in [2.24, 2.45) is 29.6 Å². The van der Waals surface area contributed by atoms with Crippen LogP contribution in [0.3, 0.4) is 0 Å². The first-order valence-electron chi connectivity index (χ1n) is 29.1.